The minimum absolute atomic E-state index is 0.0816. The Bertz CT molecular complexity index is 405. The van der Waals surface area contributed by atoms with Gasteiger partial charge < -0.3 is 10.1 Å². The first kappa shape index (κ1) is 14.8. The van der Waals surface area contributed by atoms with Gasteiger partial charge in [-0.3, -0.25) is 4.98 Å². The highest BCUT2D eigenvalue weighted by Gasteiger charge is 2.38. The van der Waals surface area contributed by atoms with E-state index >= 15 is 0 Å². The quantitative estimate of drug-likeness (QED) is 0.870. The maximum atomic E-state index is 6.22. The van der Waals surface area contributed by atoms with Crippen molar-refractivity contribution in [3.63, 3.8) is 0 Å². The number of halogens is 1. The standard InChI is InChI=1S/C15H23ClN2O/c1-3-7-18-14(15(2)6-4-9-19-15)10-12-5-8-17-11-13(12)16/h5,8,11,14,18H,3-4,6-7,9-10H2,1-2H3. The van der Waals surface area contributed by atoms with Crippen molar-refractivity contribution in [1.29, 1.82) is 0 Å². The number of hydrogen-bond acceptors (Lipinski definition) is 3. The van der Waals surface area contributed by atoms with Gasteiger partial charge in [0.25, 0.3) is 0 Å². The fourth-order valence-corrected chi connectivity index (χ4v) is 2.88. The van der Waals surface area contributed by atoms with Crippen molar-refractivity contribution in [3.8, 4) is 0 Å². The molecule has 2 rings (SSSR count). The summed E-state index contributed by atoms with van der Waals surface area (Å²) < 4.78 is 5.99. The summed E-state index contributed by atoms with van der Waals surface area (Å²) in [6, 6.07) is 2.30. The molecule has 3 nitrogen and oxygen atoms in total. The molecule has 1 aliphatic heterocycles. The fraction of sp³-hybridized carbons (Fsp3) is 0.667. The van der Waals surface area contributed by atoms with Crippen LogP contribution in [0.2, 0.25) is 5.02 Å². The van der Waals surface area contributed by atoms with Crippen LogP contribution < -0.4 is 5.32 Å². The Morgan fingerprint density at radius 2 is 2.42 bits per heavy atom. The molecule has 1 N–H and O–H groups in total. The Labute approximate surface area is 120 Å². The molecule has 19 heavy (non-hydrogen) atoms. The molecule has 0 saturated carbocycles. The molecule has 2 atom stereocenters. The molecule has 0 aliphatic carbocycles. The lowest BCUT2D eigenvalue weighted by Gasteiger charge is -2.34. The highest BCUT2D eigenvalue weighted by atomic mass is 35.5. The zero-order valence-electron chi connectivity index (χ0n) is 11.8. The SMILES string of the molecule is CCCNC(Cc1ccncc1Cl)C1(C)CCCO1. The van der Waals surface area contributed by atoms with E-state index in [0.717, 1.165) is 49.4 Å². The lowest BCUT2D eigenvalue weighted by Crippen LogP contribution is -2.50. The summed E-state index contributed by atoms with van der Waals surface area (Å²) >= 11 is 6.22. The largest absolute Gasteiger partial charge is 0.374 e. The lowest BCUT2D eigenvalue weighted by atomic mass is 9.88. The molecule has 0 bridgehead atoms. The van der Waals surface area contributed by atoms with Gasteiger partial charge in [-0.15, -0.1) is 0 Å². The Morgan fingerprint density at radius 1 is 1.58 bits per heavy atom. The molecule has 0 aromatic carbocycles. The van der Waals surface area contributed by atoms with E-state index in [0.29, 0.717) is 6.04 Å². The van der Waals surface area contributed by atoms with Gasteiger partial charge in [-0.2, -0.15) is 0 Å². The first-order chi connectivity index (χ1) is 9.15. The minimum atomic E-state index is -0.0816. The average Bonchev–Trinajstić information content (AvgIpc) is 2.84. The second-order valence-electron chi connectivity index (χ2n) is 5.44. The van der Waals surface area contributed by atoms with Gasteiger partial charge in [-0.1, -0.05) is 18.5 Å². The maximum Gasteiger partial charge on any atom is 0.0810 e. The Kier molecular flexibility index (Phi) is 5.20. The average molecular weight is 283 g/mol. The second kappa shape index (κ2) is 6.69. The number of pyridine rings is 1. The number of nitrogens with one attached hydrogen (secondary N) is 1. The van der Waals surface area contributed by atoms with E-state index in [1.165, 1.54) is 0 Å². The number of rotatable bonds is 6. The maximum absolute atomic E-state index is 6.22. The second-order valence-corrected chi connectivity index (χ2v) is 5.85. The van der Waals surface area contributed by atoms with E-state index in [1.807, 2.05) is 6.07 Å². The normalized spacial score (nSPS) is 24.6. The van der Waals surface area contributed by atoms with E-state index in [9.17, 15) is 0 Å². The molecule has 0 amide bonds. The molecule has 1 aromatic rings. The summed E-state index contributed by atoms with van der Waals surface area (Å²) in [7, 11) is 0. The predicted octanol–water partition coefficient (Wildman–Crippen LogP) is 3.21. The van der Waals surface area contributed by atoms with Gasteiger partial charge >= 0.3 is 0 Å². The van der Waals surface area contributed by atoms with Gasteiger partial charge in [-0.25, -0.2) is 0 Å². The van der Waals surface area contributed by atoms with Crippen LogP contribution >= 0.6 is 11.6 Å². The molecule has 1 aromatic heterocycles. The number of hydrogen-bond donors (Lipinski definition) is 1. The van der Waals surface area contributed by atoms with Gasteiger partial charge in [0.15, 0.2) is 0 Å². The van der Waals surface area contributed by atoms with Crippen LogP contribution in [0.5, 0.6) is 0 Å². The molecule has 1 aliphatic rings. The third-order valence-electron chi connectivity index (χ3n) is 3.91. The number of nitrogens with zero attached hydrogens (tertiary/aromatic N) is 1. The highest BCUT2D eigenvalue weighted by Crippen LogP contribution is 2.31. The third-order valence-corrected chi connectivity index (χ3v) is 4.25. The van der Waals surface area contributed by atoms with E-state index < -0.39 is 0 Å². The molecule has 2 heterocycles. The summed E-state index contributed by atoms with van der Waals surface area (Å²) in [5, 5.41) is 4.37. The van der Waals surface area contributed by atoms with Gasteiger partial charge in [0.1, 0.15) is 0 Å². The summed E-state index contributed by atoms with van der Waals surface area (Å²) in [6.07, 6.45) is 7.78. The van der Waals surface area contributed by atoms with Gasteiger partial charge in [-0.05, 0) is 50.8 Å². The van der Waals surface area contributed by atoms with Crippen LogP contribution in [0.25, 0.3) is 0 Å². The first-order valence-corrected chi connectivity index (χ1v) is 7.49. The molecule has 0 radical (unpaired) electrons. The monoisotopic (exact) mass is 282 g/mol. The summed E-state index contributed by atoms with van der Waals surface area (Å²) in [6.45, 7) is 6.26. The van der Waals surface area contributed by atoms with Crippen molar-refractivity contribution in [2.75, 3.05) is 13.2 Å². The minimum Gasteiger partial charge on any atom is -0.374 e. The number of aromatic nitrogens is 1. The lowest BCUT2D eigenvalue weighted by molar-refractivity contribution is -0.0114. The fourth-order valence-electron chi connectivity index (χ4n) is 2.69. The van der Waals surface area contributed by atoms with Crippen molar-refractivity contribution < 1.29 is 4.74 Å². The summed E-state index contributed by atoms with van der Waals surface area (Å²) in [5.41, 5.74) is 1.06. The predicted molar refractivity (Wildman–Crippen MR) is 78.6 cm³/mol. The van der Waals surface area contributed by atoms with Gasteiger partial charge in [0, 0.05) is 25.0 Å². The molecule has 2 unspecified atom stereocenters. The van der Waals surface area contributed by atoms with E-state index in [4.69, 9.17) is 16.3 Å². The third kappa shape index (κ3) is 3.68. The Hall–Kier alpha value is -0.640. The van der Waals surface area contributed by atoms with E-state index in [2.05, 4.69) is 24.1 Å². The van der Waals surface area contributed by atoms with Crippen molar-refractivity contribution in [2.24, 2.45) is 0 Å². The van der Waals surface area contributed by atoms with Gasteiger partial charge in [0.2, 0.25) is 0 Å². The van der Waals surface area contributed by atoms with Crippen LogP contribution in [0, 0.1) is 0 Å². The van der Waals surface area contributed by atoms with Crippen molar-refractivity contribution in [3.05, 3.63) is 29.0 Å². The molecule has 4 heteroatoms. The first-order valence-electron chi connectivity index (χ1n) is 7.11. The zero-order valence-corrected chi connectivity index (χ0v) is 12.5. The molecule has 106 valence electrons. The van der Waals surface area contributed by atoms with E-state index in [-0.39, 0.29) is 5.60 Å². The highest BCUT2D eigenvalue weighted by molar-refractivity contribution is 6.31. The number of ether oxygens (including phenoxy) is 1. The Balaban J connectivity index is 2.11. The van der Waals surface area contributed by atoms with Crippen LogP contribution in [-0.2, 0) is 11.2 Å². The molecule has 0 spiro atoms. The molecular weight excluding hydrogens is 260 g/mol. The van der Waals surface area contributed by atoms with Crippen LogP contribution in [0.4, 0.5) is 0 Å². The molecular formula is C15H23ClN2O. The Morgan fingerprint density at radius 3 is 3.05 bits per heavy atom. The van der Waals surface area contributed by atoms with Crippen LogP contribution in [0.15, 0.2) is 18.5 Å². The van der Waals surface area contributed by atoms with Crippen molar-refractivity contribution in [2.45, 2.75) is 51.2 Å². The van der Waals surface area contributed by atoms with Crippen LogP contribution in [0.3, 0.4) is 0 Å². The van der Waals surface area contributed by atoms with E-state index in [1.54, 1.807) is 12.4 Å². The van der Waals surface area contributed by atoms with Crippen LogP contribution in [-0.4, -0.2) is 29.8 Å². The molecule has 1 fully saturated rings. The topological polar surface area (TPSA) is 34.2 Å². The smallest absolute Gasteiger partial charge is 0.0810 e. The van der Waals surface area contributed by atoms with Crippen molar-refractivity contribution in [1.82, 2.24) is 10.3 Å². The van der Waals surface area contributed by atoms with Gasteiger partial charge in [0.05, 0.1) is 10.6 Å². The molecule has 1 saturated heterocycles. The van der Waals surface area contributed by atoms with Crippen LogP contribution in [0.1, 0.15) is 38.7 Å². The van der Waals surface area contributed by atoms with Crippen molar-refractivity contribution >= 4 is 11.6 Å². The summed E-state index contributed by atoms with van der Waals surface area (Å²) in [5.74, 6) is 0. The summed E-state index contributed by atoms with van der Waals surface area (Å²) in [4.78, 5) is 4.05. The zero-order chi connectivity index (χ0) is 13.7.